The van der Waals surface area contributed by atoms with Crippen molar-refractivity contribution in [3.63, 3.8) is 0 Å². The lowest BCUT2D eigenvalue weighted by Gasteiger charge is -2.28. The van der Waals surface area contributed by atoms with Crippen molar-refractivity contribution < 1.29 is 17.9 Å². The molecule has 0 unspecified atom stereocenters. The molecule has 1 heterocycles. The van der Waals surface area contributed by atoms with E-state index in [1.54, 1.807) is 12.1 Å². The second-order valence-electron chi connectivity index (χ2n) is 6.38. The first kappa shape index (κ1) is 17.3. The molecule has 0 fully saturated rings. The van der Waals surface area contributed by atoms with Crippen molar-refractivity contribution in [1.29, 1.82) is 0 Å². The van der Waals surface area contributed by atoms with E-state index >= 15 is 0 Å². The van der Waals surface area contributed by atoms with Crippen LogP contribution < -0.4 is 10.1 Å². The van der Waals surface area contributed by atoms with Crippen LogP contribution in [0.1, 0.15) is 27.5 Å². The summed E-state index contributed by atoms with van der Waals surface area (Å²) in [7, 11) is -3.39. The number of fused-ring (bicyclic) bond motifs is 2. The summed E-state index contributed by atoms with van der Waals surface area (Å²) >= 11 is 0. The monoisotopic (exact) mass is 379 g/mol. The molecule has 1 N–H and O–H groups in total. The summed E-state index contributed by atoms with van der Waals surface area (Å²) in [5.74, 6) is 1.02. The molecule has 0 bridgehead atoms. The van der Waals surface area contributed by atoms with Crippen LogP contribution in [-0.4, -0.2) is 20.6 Å². The Morgan fingerprint density at radius 2 is 1.48 bits per heavy atom. The summed E-state index contributed by atoms with van der Waals surface area (Å²) in [6.45, 7) is 0. The smallest absolute Gasteiger partial charge is 0.252 e. The zero-order chi connectivity index (χ0) is 19.0. The summed E-state index contributed by atoms with van der Waals surface area (Å²) in [6.07, 6.45) is 1.12. The van der Waals surface area contributed by atoms with Gasteiger partial charge in [-0.05, 0) is 30.3 Å². The van der Waals surface area contributed by atoms with Gasteiger partial charge in [0, 0.05) is 22.9 Å². The van der Waals surface area contributed by atoms with Gasteiger partial charge in [-0.3, -0.25) is 4.79 Å². The Morgan fingerprint density at radius 3 is 2.07 bits per heavy atom. The molecule has 6 heteroatoms. The van der Waals surface area contributed by atoms with Crippen molar-refractivity contribution in [3.05, 3.63) is 89.5 Å². The third kappa shape index (κ3) is 3.31. The lowest BCUT2D eigenvalue weighted by atomic mass is 9.94. The molecule has 0 saturated heterocycles. The molecular weight excluding hydrogens is 362 g/mol. The number of hydrogen-bond donors (Lipinski definition) is 1. The Bertz CT molecular complexity index is 1090. The maximum absolute atomic E-state index is 12.9. The predicted octanol–water partition coefficient (Wildman–Crippen LogP) is 3.72. The van der Waals surface area contributed by atoms with Crippen LogP contribution >= 0.6 is 0 Å². The molecule has 1 amide bonds. The zero-order valence-electron chi connectivity index (χ0n) is 14.5. The van der Waals surface area contributed by atoms with E-state index in [0.717, 1.165) is 17.4 Å². The molecule has 1 aliphatic heterocycles. The van der Waals surface area contributed by atoms with Gasteiger partial charge in [-0.25, -0.2) is 8.42 Å². The summed E-state index contributed by atoms with van der Waals surface area (Å²) in [4.78, 5) is 13.0. The van der Waals surface area contributed by atoms with Gasteiger partial charge in [-0.2, -0.15) is 0 Å². The van der Waals surface area contributed by atoms with Gasteiger partial charge in [0.2, 0.25) is 0 Å². The molecule has 1 aliphatic rings. The SMILES string of the molecule is CS(=O)(=O)c1cccc(C(=O)NC2c3ccccc3Oc3ccccc32)c1. The third-order valence-corrected chi connectivity index (χ3v) is 5.59. The number of hydrogen-bond acceptors (Lipinski definition) is 4. The molecule has 0 radical (unpaired) electrons. The fraction of sp³-hybridized carbons (Fsp3) is 0.0952. The van der Waals surface area contributed by atoms with Gasteiger partial charge in [-0.1, -0.05) is 42.5 Å². The third-order valence-electron chi connectivity index (χ3n) is 4.48. The molecule has 0 aromatic heterocycles. The number of sulfone groups is 1. The van der Waals surface area contributed by atoms with Gasteiger partial charge < -0.3 is 10.1 Å². The molecule has 0 atom stereocenters. The molecule has 0 saturated carbocycles. The quantitative estimate of drug-likeness (QED) is 0.753. The van der Waals surface area contributed by atoms with E-state index in [-0.39, 0.29) is 16.8 Å². The normalized spacial score (nSPS) is 13.2. The van der Waals surface area contributed by atoms with Crippen LogP contribution in [-0.2, 0) is 9.84 Å². The first-order valence-corrected chi connectivity index (χ1v) is 10.3. The number of ether oxygens (including phenoxy) is 1. The van der Waals surface area contributed by atoms with Crippen LogP contribution in [0.2, 0.25) is 0 Å². The van der Waals surface area contributed by atoms with E-state index in [4.69, 9.17) is 4.74 Å². The van der Waals surface area contributed by atoms with E-state index < -0.39 is 9.84 Å². The highest BCUT2D eigenvalue weighted by Crippen LogP contribution is 2.42. The highest BCUT2D eigenvalue weighted by atomic mass is 32.2. The summed E-state index contributed by atoms with van der Waals surface area (Å²) < 4.78 is 29.5. The summed E-state index contributed by atoms with van der Waals surface area (Å²) in [5.41, 5.74) is 1.99. The Balaban J connectivity index is 1.72. The topological polar surface area (TPSA) is 72.5 Å². The maximum Gasteiger partial charge on any atom is 0.252 e. The lowest BCUT2D eigenvalue weighted by Crippen LogP contribution is -2.31. The van der Waals surface area contributed by atoms with E-state index in [1.165, 1.54) is 12.1 Å². The van der Waals surface area contributed by atoms with Crippen LogP contribution in [0.5, 0.6) is 11.5 Å². The minimum Gasteiger partial charge on any atom is -0.457 e. The highest BCUT2D eigenvalue weighted by Gasteiger charge is 2.28. The van der Waals surface area contributed by atoms with E-state index in [0.29, 0.717) is 17.1 Å². The predicted molar refractivity (Wildman–Crippen MR) is 102 cm³/mol. The molecule has 3 aromatic carbocycles. The van der Waals surface area contributed by atoms with Gasteiger partial charge in [0.15, 0.2) is 9.84 Å². The fourth-order valence-corrected chi connectivity index (χ4v) is 3.81. The van der Waals surface area contributed by atoms with Gasteiger partial charge in [0.25, 0.3) is 5.91 Å². The van der Waals surface area contributed by atoms with E-state index in [9.17, 15) is 13.2 Å². The molecule has 4 rings (SSSR count). The fourth-order valence-electron chi connectivity index (χ4n) is 3.15. The number of rotatable bonds is 3. The molecule has 0 aliphatic carbocycles. The Kier molecular flexibility index (Phi) is 4.20. The summed E-state index contributed by atoms with van der Waals surface area (Å²) in [6, 6.07) is 20.7. The van der Waals surface area contributed by atoms with E-state index in [1.807, 2.05) is 48.5 Å². The molecule has 27 heavy (non-hydrogen) atoms. The van der Waals surface area contributed by atoms with Gasteiger partial charge in [0.1, 0.15) is 11.5 Å². The minimum absolute atomic E-state index is 0.114. The lowest BCUT2D eigenvalue weighted by molar-refractivity contribution is 0.0941. The van der Waals surface area contributed by atoms with Crippen molar-refractivity contribution in [2.24, 2.45) is 0 Å². The number of amides is 1. The zero-order valence-corrected chi connectivity index (χ0v) is 15.4. The maximum atomic E-state index is 12.9. The van der Waals surface area contributed by atoms with Crippen molar-refractivity contribution in [2.45, 2.75) is 10.9 Å². The van der Waals surface area contributed by atoms with Crippen molar-refractivity contribution in [1.82, 2.24) is 5.32 Å². The number of benzene rings is 3. The molecule has 5 nitrogen and oxygen atoms in total. The number of nitrogens with one attached hydrogen (secondary N) is 1. The molecule has 136 valence electrons. The largest absolute Gasteiger partial charge is 0.457 e. The Labute approximate surface area is 157 Å². The average Bonchev–Trinajstić information content (AvgIpc) is 2.67. The Hall–Kier alpha value is -3.12. The number of carbonyl (C=O) groups is 1. The van der Waals surface area contributed by atoms with Crippen LogP contribution in [0.3, 0.4) is 0 Å². The van der Waals surface area contributed by atoms with Crippen LogP contribution in [0.15, 0.2) is 77.7 Å². The Morgan fingerprint density at radius 1 is 0.889 bits per heavy atom. The second kappa shape index (κ2) is 6.55. The minimum atomic E-state index is -3.39. The van der Waals surface area contributed by atoms with E-state index in [2.05, 4.69) is 5.32 Å². The van der Waals surface area contributed by atoms with Crippen molar-refractivity contribution in [2.75, 3.05) is 6.26 Å². The molecule has 0 spiro atoms. The van der Waals surface area contributed by atoms with Crippen molar-refractivity contribution >= 4 is 15.7 Å². The van der Waals surface area contributed by atoms with Crippen LogP contribution in [0, 0.1) is 0 Å². The first-order chi connectivity index (χ1) is 12.9. The van der Waals surface area contributed by atoms with Crippen molar-refractivity contribution in [3.8, 4) is 11.5 Å². The van der Waals surface area contributed by atoms with Crippen LogP contribution in [0.4, 0.5) is 0 Å². The van der Waals surface area contributed by atoms with Gasteiger partial charge >= 0.3 is 0 Å². The first-order valence-electron chi connectivity index (χ1n) is 8.40. The highest BCUT2D eigenvalue weighted by molar-refractivity contribution is 7.90. The second-order valence-corrected chi connectivity index (χ2v) is 8.40. The van der Waals surface area contributed by atoms with Gasteiger partial charge in [-0.15, -0.1) is 0 Å². The number of para-hydroxylation sites is 2. The van der Waals surface area contributed by atoms with Gasteiger partial charge in [0.05, 0.1) is 10.9 Å². The standard InChI is InChI=1S/C21H17NO4S/c1-27(24,25)15-8-6-7-14(13-15)21(23)22-20-16-9-2-4-11-18(16)26-19-12-5-3-10-17(19)20/h2-13,20H,1H3,(H,22,23). The average molecular weight is 379 g/mol. The van der Waals surface area contributed by atoms with Crippen LogP contribution in [0.25, 0.3) is 0 Å². The molecular formula is C21H17NO4S. The number of carbonyl (C=O) groups excluding carboxylic acids is 1. The summed E-state index contributed by atoms with van der Waals surface area (Å²) in [5, 5.41) is 3.01. The molecule has 3 aromatic rings.